The lowest BCUT2D eigenvalue weighted by molar-refractivity contribution is -0.114. The second-order valence-corrected chi connectivity index (χ2v) is 9.67. The van der Waals surface area contributed by atoms with Crippen molar-refractivity contribution in [1.29, 1.82) is 0 Å². The summed E-state index contributed by atoms with van der Waals surface area (Å²) >= 11 is 6.12. The van der Waals surface area contributed by atoms with Crippen molar-refractivity contribution in [2.45, 2.75) is 20.8 Å². The molecule has 0 aromatic heterocycles. The summed E-state index contributed by atoms with van der Waals surface area (Å²) < 4.78 is 25.7. The molecule has 0 fully saturated rings. The molecule has 2 aromatic rings. The number of para-hydroxylation sites is 1. The smallest absolute Gasteiger partial charge is 0.253 e. The number of halogens is 1. The number of carbonyl (C=O) groups is 2. The number of hydrogen-bond donors (Lipinski definition) is 2. The third-order valence-corrected chi connectivity index (χ3v) is 5.85. The molecule has 0 heterocycles. The fourth-order valence-corrected chi connectivity index (χ4v) is 3.83. The second-order valence-electron chi connectivity index (χ2n) is 7.35. The van der Waals surface area contributed by atoms with Gasteiger partial charge in [0, 0.05) is 11.6 Å². The van der Waals surface area contributed by atoms with Gasteiger partial charge in [-0.25, -0.2) is 8.42 Å². The number of nitrogens with one attached hydrogen (secondary N) is 2. The zero-order valence-corrected chi connectivity index (χ0v) is 19.0. The predicted molar refractivity (Wildman–Crippen MR) is 121 cm³/mol. The van der Waals surface area contributed by atoms with Crippen molar-refractivity contribution in [3.05, 3.63) is 58.6 Å². The standard InChI is InChI=1S/C21H26ClN3O4S/c1-14(2)12-23-21(27)16-8-5-6-10-18(16)24-20(26)13-25(30(4,28)29)19-11-7-9-17(22)15(19)3/h5-11,14H,12-13H2,1-4H3,(H,23,27)(H,24,26). The molecule has 0 unspecified atom stereocenters. The molecule has 0 radical (unpaired) electrons. The van der Waals surface area contributed by atoms with Gasteiger partial charge in [0.2, 0.25) is 15.9 Å². The number of rotatable bonds is 8. The van der Waals surface area contributed by atoms with Crippen molar-refractivity contribution in [3.63, 3.8) is 0 Å². The second kappa shape index (κ2) is 9.95. The zero-order chi connectivity index (χ0) is 22.5. The predicted octanol–water partition coefficient (Wildman–Crippen LogP) is 3.44. The van der Waals surface area contributed by atoms with E-state index in [-0.39, 0.29) is 11.8 Å². The largest absolute Gasteiger partial charge is 0.352 e. The highest BCUT2D eigenvalue weighted by Crippen LogP contribution is 2.28. The van der Waals surface area contributed by atoms with E-state index in [4.69, 9.17) is 11.6 Å². The summed E-state index contributed by atoms with van der Waals surface area (Å²) in [5, 5.41) is 5.85. The Bertz CT molecular complexity index is 1040. The first-order chi connectivity index (χ1) is 14.0. The Morgan fingerprint density at radius 1 is 1.10 bits per heavy atom. The molecule has 0 bridgehead atoms. The van der Waals surface area contributed by atoms with Gasteiger partial charge in [0.25, 0.3) is 5.91 Å². The molecule has 0 spiro atoms. The number of nitrogens with zero attached hydrogens (tertiary/aromatic N) is 1. The quantitative estimate of drug-likeness (QED) is 0.642. The van der Waals surface area contributed by atoms with Gasteiger partial charge >= 0.3 is 0 Å². The van der Waals surface area contributed by atoms with Crippen LogP contribution in [-0.4, -0.2) is 39.6 Å². The average molecular weight is 452 g/mol. The molecular weight excluding hydrogens is 426 g/mol. The van der Waals surface area contributed by atoms with Crippen molar-refractivity contribution in [3.8, 4) is 0 Å². The molecule has 0 saturated carbocycles. The molecule has 0 aliphatic heterocycles. The molecule has 30 heavy (non-hydrogen) atoms. The van der Waals surface area contributed by atoms with Crippen LogP contribution >= 0.6 is 11.6 Å². The summed E-state index contributed by atoms with van der Waals surface area (Å²) in [6, 6.07) is 11.4. The van der Waals surface area contributed by atoms with Crippen LogP contribution in [0.25, 0.3) is 0 Å². The first kappa shape index (κ1) is 23.7. The van der Waals surface area contributed by atoms with E-state index >= 15 is 0 Å². The molecule has 2 amide bonds. The normalized spacial score (nSPS) is 11.3. The fourth-order valence-electron chi connectivity index (χ4n) is 2.75. The minimum atomic E-state index is -3.75. The Labute approximate surface area is 182 Å². The summed E-state index contributed by atoms with van der Waals surface area (Å²) in [5.74, 6) is -0.617. The Kier molecular flexibility index (Phi) is 7.86. The monoisotopic (exact) mass is 451 g/mol. The molecule has 2 N–H and O–H groups in total. The maximum Gasteiger partial charge on any atom is 0.253 e. The molecule has 0 aliphatic rings. The van der Waals surface area contributed by atoms with Gasteiger partial charge in [-0.05, 0) is 42.7 Å². The van der Waals surface area contributed by atoms with E-state index in [1.54, 1.807) is 49.4 Å². The highest BCUT2D eigenvalue weighted by Gasteiger charge is 2.24. The van der Waals surface area contributed by atoms with Crippen LogP contribution in [0.2, 0.25) is 5.02 Å². The van der Waals surface area contributed by atoms with E-state index in [1.165, 1.54) is 0 Å². The van der Waals surface area contributed by atoms with Crippen molar-refractivity contribution >= 4 is 44.8 Å². The van der Waals surface area contributed by atoms with Gasteiger partial charge in [0.15, 0.2) is 0 Å². The molecule has 0 aliphatic carbocycles. The number of hydrogen-bond acceptors (Lipinski definition) is 4. The van der Waals surface area contributed by atoms with Crippen LogP contribution in [0, 0.1) is 12.8 Å². The summed E-state index contributed by atoms with van der Waals surface area (Å²) in [5.41, 5.74) is 1.48. The third kappa shape index (κ3) is 6.21. The van der Waals surface area contributed by atoms with E-state index in [9.17, 15) is 18.0 Å². The Hall–Kier alpha value is -2.58. The van der Waals surface area contributed by atoms with Gasteiger partial charge in [0.1, 0.15) is 6.54 Å². The van der Waals surface area contributed by atoms with E-state index < -0.39 is 22.5 Å². The lowest BCUT2D eigenvalue weighted by Crippen LogP contribution is -2.38. The lowest BCUT2D eigenvalue weighted by atomic mass is 10.1. The minimum Gasteiger partial charge on any atom is -0.352 e. The SMILES string of the molecule is Cc1c(Cl)cccc1N(CC(=O)Nc1ccccc1C(=O)NCC(C)C)S(C)(=O)=O. The first-order valence-corrected chi connectivity index (χ1v) is 11.6. The van der Waals surface area contributed by atoms with Crippen molar-refractivity contribution in [2.75, 3.05) is 29.0 Å². The van der Waals surface area contributed by atoms with Gasteiger partial charge in [-0.1, -0.05) is 43.6 Å². The maximum absolute atomic E-state index is 12.7. The fraction of sp³-hybridized carbons (Fsp3) is 0.333. The lowest BCUT2D eigenvalue weighted by Gasteiger charge is -2.24. The molecule has 9 heteroatoms. The molecule has 2 rings (SSSR count). The van der Waals surface area contributed by atoms with Crippen LogP contribution in [0.4, 0.5) is 11.4 Å². The van der Waals surface area contributed by atoms with E-state index in [2.05, 4.69) is 10.6 Å². The van der Waals surface area contributed by atoms with Crippen molar-refractivity contribution in [2.24, 2.45) is 5.92 Å². The molecule has 7 nitrogen and oxygen atoms in total. The number of carbonyl (C=O) groups excluding carboxylic acids is 2. The molecule has 0 atom stereocenters. The minimum absolute atomic E-state index is 0.278. The summed E-state index contributed by atoms with van der Waals surface area (Å²) in [6.07, 6.45) is 1.02. The number of sulfonamides is 1. The maximum atomic E-state index is 12.7. The van der Waals surface area contributed by atoms with Gasteiger partial charge < -0.3 is 10.6 Å². The Balaban J connectivity index is 2.25. The number of anilines is 2. The van der Waals surface area contributed by atoms with Gasteiger partial charge in [-0.3, -0.25) is 13.9 Å². The summed E-state index contributed by atoms with van der Waals surface area (Å²) in [4.78, 5) is 25.2. The van der Waals surface area contributed by atoms with Crippen LogP contribution < -0.4 is 14.9 Å². The first-order valence-electron chi connectivity index (χ1n) is 9.40. The van der Waals surface area contributed by atoms with Gasteiger partial charge in [-0.2, -0.15) is 0 Å². The summed E-state index contributed by atoms with van der Waals surface area (Å²) in [7, 11) is -3.75. The highest BCUT2D eigenvalue weighted by atomic mass is 35.5. The summed E-state index contributed by atoms with van der Waals surface area (Å²) in [6.45, 7) is 5.68. The van der Waals surface area contributed by atoms with Crippen LogP contribution in [-0.2, 0) is 14.8 Å². The highest BCUT2D eigenvalue weighted by molar-refractivity contribution is 7.92. The van der Waals surface area contributed by atoms with Crippen LogP contribution in [0.3, 0.4) is 0 Å². The Morgan fingerprint density at radius 3 is 2.40 bits per heavy atom. The topological polar surface area (TPSA) is 95.6 Å². The molecule has 0 saturated heterocycles. The molecule has 2 aromatic carbocycles. The van der Waals surface area contributed by atoms with Gasteiger partial charge in [0.05, 0.1) is 23.2 Å². The molecular formula is C21H26ClN3O4S. The van der Waals surface area contributed by atoms with E-state index in [0.29, 0.717) is 34.1 Å². The Morgan fingerprint density at radius 2 is 1.77 bits per heavy atom. The van der Waals surface area contributed by atoms with Crippen LogP contribution in [0.15, 0.2) is 42.5 Å². The van der Waals surface area contributed by atoms with Crippen molar-refractivity contribution in [1.82, 2.24) is 5.32 Å². The van der Waals surface area contributed by atoms with Crippen LogP contribution in [0.1, 0.15) is 29.8 Å². The molecule has 162 valence electrons. The van der Waals surface area contributed by atoms with E-state index in [1.807, 2.05) is 13.8 Å². The number of benzene rings is 2. The number of amides is 2. The van der Waals surface area contributed by atoms with Crippen LogP contribution in [0.5, 0.6) is 0 Å². The third-order valence-electron chi connectivity index (χ3n) is 4.31. The average Bonchev–Trinajstić information content (AvgIpc) is 2.66. The zero-order valence-electron chi connectivity index (χ0n) is 17.4. The van der Waals surface area contributed by atoms with Crippen molar-refractivity contribution < 1.29 is 18.0 Å². The van der Waals surface area contributed by atoms with E-state index in [0.717, 1.165) is 10.6 Å². The van der Waals surface area contributed by atoms with Gasteiger partial charge in [-0.15, -0.1) is 0 Å².